The van der Waals surface area contributed by atoms with Crippen molar-refractivity contribution in [3.05, 3.63) is 0 Å². The normalized spacial score (nSPS) is 20.6. The maximum absolute atomic E-state index is 11.5. The summed E-state index contributed by atoms with van der Waals surface area (Å²) in [6.45, 7) is 9.11. The number of amidine groups is 1. The smallest absolute Gasteiger partial charge is 0.239 e. The van der Waals surface area contributed by atoms with E-state index in [-0.39, 0.29) is 11.9 Å². The topological polar surface area (TPSA) is 32.7 Å². The fourth-order valence-corrected chi connectivity index (χ4v) is 2.27. The Morgan fingerprint density at radius 1 is 1.43 bits per heavy atom. The summed E-state index contributed by atoms with van der Waals surface area (Å²) in [6, 6.07) is 0.225. The molecular weight excluding hydrogens is 196 g/mol. The number of nitrogens with zero attached hydrogens (tertiary/aromatic N) is 2. The highest BCUT2D eigenvalue weighted by Crippen LogP contribution is 2.21. The molecule has 0 bridgehead atoms. The Kier molecular flexibility index (Phi) is 3.98. The maximum atomic E-state index is 11.5. The average molecular weight is 214 g/mol. The van der Waals surface area contributed by atoms with E-state index >= 15 is 0 Å². The van der Waals surface area contributed by atoms with Crippen LogP contribution in [0.2, 0.25) is 0 Å². The van der Waals surface area contributed by atoms with Gasteiger partial charge in [-0.25, -0.2) is 0 Å². The van der Waals surface area contributed by atoms with Crippen LogP contribution in [0.15, 0.2) is 4.99 Å². The first-order valence-electron chi connectivity index (χ1n) is 5.01. The summed E-state index contributed by atoms with van der Waals surface area (Å²) in [5, 5.41) is 0.902. The second kappa shape index (κ2) is 4.82. The largest absolute Gasteiger partial charge is 0.288 e. The molecule has 1 fully saturated rings. The van der Waals surface area contributed by atoms with Crippen molar-refractivity contribution in [1.82, 2.24) is 4.90 Å². The van der Waals surface area contributed by atoms with Crippen molar-refractivity contribution in [2.24, 2.45) is 10.9 Å². The molecule has 0 radical (unpaired) electrons. The molecule has 1 rings (SSSR count). The van der Waals surface area contributed by atoms with Crippen molar-refractivity contribution in [2.75, 3.05) is 12.3 Å². The molecule has 1 aliphatic rings. The molecule has 0 unspecified atom stereocenters. The molecule has 80 valence electrons. The summed E-state index contributed by atoms with van der Waals surface area (Å²) in [4.78, 5) is 17.8. The van der Waals surface area contributed by atoms with Gasteiger partial charge < -0.3 is 0 Å². The first-order valence-corrected chi connectivity index (χ1v) is 6.00. The van der Waals surface area contributed by atoms with Crippen LogP contribution in [0.5, 0.6) is 0 Å². The van der Waals surface area contributed by atoms with Gasteiger partial charge in [-0.15, -0.1) is 0 Å². The second-order valence-electron chi connectivity index (χ2n) is 4.16. The minimum Gasteiger partial charge on any atom is -0.288 e. The van der Waals surface area contributed by atoms with E-state index < -0.39 is 0 Å². The van der Waals surface area contributed by atoms with E-state index in [2.05, 4.69) is 18.8 Å². The standard InChI is InChI=1S/C10H18N2OS/c1-7(2)5-11-10-12(8(3)4)9(13)6-14-10/h7-8H,5-6H2,1-4H3. The molecule has 0 saturated carbocycles. The second-order valence-corrected chi connectivity index (χ2v) is 5.11. The minimum atomic E-state index is 0.188. The molecule has 0 aliphatic carbocycles. The molecule has 1 amide bonds. The van der Waals surface area contributed by atoms with E-state index in [1.165, 1.54) is 0 Å². The molecule has 1 saturated heterocycles. The summed E-state index contributed by atoms with van der Waals surface area (Å²) >= 11 is 1.56. The Morgan fingerprint density at radius 2 is 2.07 bits per heavy atom. The predicted octanol–water partition coefficient (Wildman–Crippen LogP) is 1.98. The fourth-order valence-electron chi connectivity index (χ4n) is 1.26. The molecule has 1 aliphatic heterocycles. The lowest BCUT2D eigenvalue weighted by Crippen LogP contribution is -2.36. The Balaban J connectivity index is 2.69. The van der Waals surface area contributed by atoms with Crippen LogP contribution in [-0.2, 0) is 4.79 Å². The summed E-state index contributed by atoms with van der Waals surface area (Å²) in [6.07, 6.45) is 0. The molecule has 1 heterocycles. The van der Waals surface area contributed by atoms with Gasteiger partial charge in [0.25, 0.3) is 0 Å². The van der Waals surface area contributed by atoms with Crippen LogP contribution < -0.4 is 0 Å². The molecule has 0 aromatic heterocycles. The lowest BCUT2D eigenvalue weighted by molar-refractivity contribution is -0.125. The number of thioether (sulfide) groups is 1. The molecule has 0 N–H and O–H groups in total. The first kappa shape index (κ1) is 11.6. The van der Waals surface area contributed by atoms with E-state index in [4.69, 9.17) is 0 Å². The summed E-state index contributed by atoms with van der Waals surface area (Å²) in [5.41, 5.74) is 0. The van der Waals surface area contributed by atoms with Crippen molar-refractivity contribution in [3.63, 3.8) is 0 Å². The maximum Gasteiger partial charge on any atom is 0.239 e. The van der Waals surface area contributed by atoms with Gasteiger partial charge in [0, 0.05) is 12.6 Å². The third-order valence-electron chi connectivity index (χ3n) is 1.91. The zero-order valence-corrected chi connectivity index (χ0v) is 10.1. The highest BCUT2D eigenvalue weighted by molar-refractivity contribution is 8.15. The SMILES string of the molecule is CC(C)CN=C1SCC(=O)N1C(C)C. The van der Waals surface area contributed by atoms with Crippen LogP contribution in [-0.4, -0.2) is 34.3 Å². The van der Waals surface area contributed by atoms with Crippen LogP contribution in [0, 0.1) is 5.92 Å². The number of carbonyl (C=O) groups excluding carboxylic acids is 1. The van der Waals surface area contributed by atoms with Crippen molar-refractivity contribution in [3.8, 4) is 0 Å². The molecule has 4 heteroatoms. The van der Waals surface area contributed by atoms with Gasteiger partial charge in [-0.1, -0.05) is 25.6 Å². The van der Waals surface area contributed by atoms with E-state index in [0.717, 1.165) is 11.7 Å². The van der Waals surface area contributed by atoms with E-state index in [0.29, 0.717) is 11.7 Å². The predicted molar refractivity (Wildman–Crippen MR) is 61.6 cm³/mol. The van der Waals surface area contributed by atoms with Gasteiger partial charge in [0.1, 0.15) is 0 Å². The number of hydrogen-bond acceptors (Lipinski definition) is 3. The van der Waals surface area contributed by atoms with Crippen molar-refractivity contribution in [2.45, 2.75) is 33.7 Å². The molecule has 0 spiro atoms. The number of aliphatic imine (C=N–C) groups is 1. The third kappa shape index (κ3) is 2.74. The van der Waals surface area contributed by atoms with Crippen LogP contribution in [0.3, 0.4) is 0 Å². The summed E-state index contributed by atoms with van der Waals surface area (Å²) in [5.74, 6) is 1.29. The number of rotatable bonds is 3. The zero-order chi connectivity index (χ0) is 10.7. The lowest BCUT2D eigenvalue weighted by atomic mass is 10.2. The number of amides is 1. The van der Waals surface area contributed by atoms with Crippen LogP contribution >= 0.6 is 11.8 Å². The average Bonchev–Trinajstić information content (AvgIpc) is 2.43. The molecule has 3 nitrogen and oxygen atoms in total. The van der Waals surface area contributed by atoms with Gasteiger partial charge in [-0.2, -0.15) is 0 Å². The van der Waals surface area contributed by atoms with Gasteiger partial charge >= 0.3 is 0 Å². The van der Waals surface area contributed by atoms with E-state index in [1.54, 1.807) is 16.7 Å². The Hall–Kier alpha value is -0.510. The Morgan fingerprint density at radius 3 is 2.57 bits per heavy atom. The van der Waals surface area contributed by atoms with Gasteiger partial charge in [-0.3, -0.25) is 14.7 Å². The zero-order valence-electron chi connectivity index (χ0n) is 9.28. The monoisotopic (exact) mass is 214 g/mol. The van der Waals surface area contributed by atoms with Crippen molar-refractivity contribution >= 4 is 22.8 Å². The highest BCUT2D eigenvalue weighted by atomic mass is 32.2. The lowest BCUT2D eigenvalue weighted by Gasteiger charge is -2.20. The number of carbonyl (C=O) groups is 1. The Labute approximate surface area is 90.0 Å². The van der Waals surface area contributed by atoms with Gasteiger partial charge in [0.2, 0.25) is 5.91 Å². The molecular formula is C10H18N2OS. The summed E-state index contributed by atoms with van der Waals surface area (Å²) < 4.78 is 0. The Bertz CT molecular complexity index is 249. The molecule has 0 aromatic rings. The van der Waals surface area contributed by atoms with Crippen LogP contribution in [0.4, 0.5) is 0 Å². The molecule has 0 aromatic carbocycles. The van der Waals surface area contributed by atoms with E-state index in [9.17, 15) is 4.79 Å². The third-order valence-corrected chi connectivity index (χ3v) is 2.88. The quantitative estimate of drug-likeness (QED) is 0.719. The van der Waals surface area contributed by atoms with Crippen molar-refractivity contribution in [1.29, 1.82) is 0 Å². The first-order chi connectivity index (χ1) is 6.52. The van der Waals surface area contributed by atoms with Gasteiger partial charge in [-0.05, 0) is 19.8 Å². The van der Waals surface area contributed by atoms with Crippen LogP contribution in [0.1, 0.15) is 27.7 Å². The van der Waals surface area contributed by atoms with Gasteiger partial charge in [0.05, 0.1) is 5.75 Å². The molecule has 14 heavy (non-hydrogen) atoms. The van der Waals surface area contributed by atoms with Crippen molar-refractivity contribution < 1.29 is 4.79 Å². The minimum absolute atomic E-state index is 0.188. The van der Waals surface area contributed by atoms with Crippen LogP contribution in [0.25, 0.3) is 0 Å². The molecule has 0 atom stereocenters. The summed E-state index contributed by atoms with van der Waals surface area (Å²) in [7, 11) is 0. The number of hydrogen-bond donors (Lipinski definition) is 0. The highest BCUT2D eigenvalue weighted by Gasteiger charge is 2.29. The van der Waals surface area contributed by atoms with E-state index in [1.807, 2.05) is 13.8 Å². The fraction of sp³-hybridized carbons (Fsp3) is 0.800. The van der Waals surface area contributed by atoms with Gasteiger partial charge in [0.15, 0.2) is 5.17 Å².